The van der Waals surface area contributed by atoms with Crippen molar-refractivity contribution in [2.75, 3.05) is 38.1 Å². The number of piperazine rings is 1. The van der Waals surface area contributed by atoms with E-state index in [0.717, 1.165) is 50.0 Å². The quantitative estimate of drug-likeness (QED) is 0.424. The van der Waals surface area contributed by atoms with Gasteiger partial charge in [-0.3, -0.25) is 4.99 Å². The minimum absolute atomic E-state index is 0. The Hall–Kier alpha value is -1.77. The van der Waals surface area contributed by atoms with E-state index in [1.165, 1.54) is 11.3 Å². The van der Waals surface area contributed by atoms with Gasteiger partial charge in [0.15, 0.2) is 11.7 Å². The molecular weight excluding hydrogens is 441 g/mol. The number of anilines is 1. The molecule has 1 aromatic carbocycles. The third-order valence-electron chi connectivity index (χ3n) is 4.55. The first kappa shape index (κ1) is 20.5. The molecule has 1 aliphatic rings. The zero-order valence-electron chi connectivity index (χ0n) is 15.7. The highest BCUT2D eigenvalue weighted by Crippen LogP contribution is 2.17. The Labute approximate surface area is 172 Å². The molecule has 0 aliphatic carbocycles. The summed E-state index contributed by atoms with van der Waals surface area (Å²) >= 11 is 0. The Morgan fingerprint density at radius 1 is 1.23 bits per heavy atom. The van der Waals surface area contributed by atoms with Crippen molar-refractivity contribution >= 4 is 35.6 Å². The first-order valence-electron chi connectivity index (χ1n) is 8.91. The molecule has 1 N–H and O–H groups in total. The summed E-state index contributed by atoms with van der Waals surface area (Å²) < 4.78 is 5.33. The predicted octanol–water partition coefficient (Wildman–Crippen LogP) is 3.06. The molecule has 1 fully saturated rings. The highest BCUT2D eigenvalue weighted by atomic mass is 127. The zero-order valence-corrected chi connectivity index (χ0v) is 18.1. The second-order valence-corrected chi connectivity index (χ2v) is 6.35. The second kappa shape index (κ2) is 9.80. The van der Waals surface area contributed by atoms with Crippen LogP contribution in [0.1, 0.15) is 23.9 Å². The van der Waals surface area contributed by atoms with Gasteiger partial charge in [0.05, 0.1) is 12.2 Å². The number of aryl methyl sites for hydroxylation is 2. The Balaban J connectivity index is 0.00000243. The van der Waals surface area contributed by atoms with Crippen LogP contribution in [0.15, 0.2) is 39.8 Å². The van der Waals surface area contributed by atoms with E-state index in [1.54, 1.807) is 0 Å². The summed E-state index contributed by atoms with van der Waals surface area (Å²) in [6.45, 7) is 8.70. The van der Waals surface area contributed by atoms with E-state index in [-0.39, 0.29) is 24.0 Å². The van der Waals surface area contributed by atoms with E-state index in [9.17, 15) is 0 Å². The van der Waals surface area contributed by atoms with E-state index >= 15 is 0 Å². The Kier molecular flexibility index (Phi) is 7.74. The lowest BCUT2D eigenvalue weighted by molar-refractivity contribution is 0.356. The lowest BCUT2D eigenvalue weighted by atomic mass is 10.2. The van der Waals surface area contributed by atoms with E-state index in [0.29, 0.717) is 6.54 Å². The minimum atomic E-state index is 0. The maximum absolute atomic E-state index is 5.33. The molecule has 0 spiro atoms. The number of benzene rings is 1. The zero-order chi connectivity index (χ0) is 17.6. The second-order valence-electron chi connectivity index (χ2n) is 6.35. The molecule has 2 aromatic rings. The van der Waals surface area contributed by atoms with Gasteiger partial charge in [-0.1, -0.05) is 24.2 Å². The summed E-state index contributed by atoms with van der Waals surface area (Å²) in [6, 6.07) is 10.7. The SMILES string of the molecule is CCc1cc(CNC(=NC)N2CCN(c3cccc(C)c3)CC2)on1.I. The summed E-state index contributed by atoms with van der Waals surface area (Å²) in [5.41, 5.74) is 3.59. The Morgan fingerprint density at radius 2 is 2.00 bits per heavy atom. The first-order chi connectivity index (χ1) is 12.2. The van der Waals surface area contributed by atoms with Gasteiger partial charge < -0.3 is 19.6 Å². The molecule has 142 valence electrons. The minimum Gasteiger partial charge on any atom is -0.368 e. The van der Waals surface area contributed by atoms with Crippen LogP contribution in [-0.4, -0.2) is 49.2 Å². The van der Waals surface area contributed by atoms with Gasteiger partial charge in [0.25, 0.3) is 0 Å². The number of hydrogen-bond acceptors (Lipinski definition) is 4. The normalized spacial score (nSPS) is 15.0. The van der Waals surface area contributed by atoms with Gasteiger partial charge in [-0.05, 0) is 31.0 Å². The summed E-state index contributed by atoms with van der Waals surface area (Å²) in [4.78, 5) is 9.14. The number of nitrogens with one attached hydrogen (secondary N) is 1. The molecule has 6 nitrogen and oxygen atoms in total. The number of halogens is 1. The van der Waals surface area contributed by atoms with Crippen molar-refractivity contribution in [2.24, 2.45) is 4.99 Å². The monoisotopic (exact) mass is 469 g/mol. The van der Waals surface area contributed by atoms with Crippen LogP contribution in [-0.2, 0) is 13.0 Å². The van der Waals surface area contributed by atoms with Gasteiger partial charge in [0.1, 0.15) is 0 Å². The summed E-state index contributed by atoms with van der Waals surface area (Å²) in [5.74, 6) is 1.76. The maximum atomic E-state index is 5.33. The van der Waals surface area contributed by atoms with Crippen LogP contribution in [0.4, 0.5) is 5.69 Å². The van der Waals surface area contributed by atoms with Crippen molar-refractivity contribution < 1.29 is 4.52 Å². The largest absolute Gasteiger partial charge is 0.368 e. The van der Waals surface area contributed by atoms with Crippen LogP contribution in [0.3, 0.4) is 0 Å². The Bertz CT molecular complexity index is 722. The maximum Gasteiger partial charge on any atom is 0.194 e. The van der Waals surface area contributed by atoms with Crippen molar-refractivity contribution in [2.45, 2.75) is 26.8 Å². The lowest BCUT2D eigenvalue weighted by Crippen LogP contribution is -2.52. The van der Waals surface area contributed by atoms with Crippen molar-refractivity contribution in [3.63, 3.8) is 0 Å². The molecule has 26 heavy (non-hydrogen) atoms. The highest BCUT2D eigenvalue weighted by Gasteiger charge is 2.20. The molecular formula is C19H28IN5O. The lowest BCUT2D eigenvalue weighted by Gasteiger charge is -2.37. The average Bonchev–Trinajstić information content (AvgIpc) is 3.11. The fourth-order valence-corrected chi connectivity index (χ4v) is 3.11. The molecule has 2 heterocycles. The van der Waals surface area contributed by atoms with E-state index < -0.39 is 0 Å². The van der Waals surface area contributed by atoms with E-state index in [1.807, 2.05) is 13.1 Å². The first-order valence-corrected chi connectivity index (χ1v) is 8.91. The van der Waals surface area contributed by atoms with Crippen LogP contribution in [0.25, 0.3) is 0 Å². The molecule has 1 aromatic heterocycles. The molecule has 0 unspecified atom stereocenters. The highest BCUT2D eigenvalue weighted by molar-refractivity contribution is 14.0. The number of guanidine groups is 1. The molecule has 0 bridgehead atoms. The van der Waals surface area contributed by atoms with Gasteiger partial charge in [0, 0.05) is 45.0 Å². The smallest absolute Gasteiger partial charge is 0.194 e. The number of hydrogen-bond donors (Lipinski definition) is 1. The fraction of sp³-hybridized carbons (Fsp3) is 0.474. The third kappa shape index (κ3) is 5.12. The Morgan fingerprint density at radius 3 is 2.62 bits per heavy atom. The number of aromatic nitrogens is 1. The van der Waals surface area contributed by atoms with Crippen molar-refractivity contribution in [1.82, 2.24) is 15.4 Å². The topological polar surface area (TPSA) is 56.9 Å². The summed E-state index contributed by atoms with van der Waals surface area (Å²) in [6.07, 6.45) is 0.888. The molecule has 0 atom stereocenters. The van der Waals surface area contributed by atoms with Crippen LogP contribution < -0.4 is 10.2 Å². The van der Waals surface area contributed by atoms with Crippen LogP contribution in [0.5, 0.6) is 0 Å². The van der Waals surface area contributed by atoms with Gasteiger partial charge in [0.2, 0.25) is 0 Å². The summed E-state index contributed by atoms with van der Waals surface area (Å²) in [5, 5.41) is 7.41. The molecule has 7 heteroatoms. The molecule has 0 radical (unpaired) electrons. The standard InChI is InChI=1S/C19H27N5O.HI/c1-4-16-13-18(25-22-16)14-21-19(20-3)24-10-8-23(9-11-24)17-7-5-6-15(2)12-17;/h5-7,12-13H,4,8-11,14H2,1-3H3,(H,20,21);1H. The van der Waals surface area contributed by atoms with Crippen LogP contribution >= 0.6 is 24.0 Å². The van der Waals surface area contributed by atoms with Crippen molar-refractivity contribution in [3.8, 4) is 0 Å². The van der Waals surface area contributed by atoms with Gasteiger partial charge in [-0.2, -0.15) is 0 Å². The molecule has 0 amide bonds. The van der Waals surface area contributed by atoms with Crippen LogP contribution in [0, 0.1) is 6.92 Å². The molecule has 0 saturated carbocycles. The number of nitrogens with zero attached hydrogens (tertiary/aromatic N) is 4. The summed E-state index contributed by atoms with van der Waals surface area (Å²) in [7, 11) is 1.83. The van der Waals surface area contributed by atoms with Gasteiger partial charge in [-0.15, -0.1) is 24.0 Å². The van der Waals surface area contributed by atoms with E-state index in [2.05, 4.69) is 63.4 Å². The number of rotatable bonds is 4. The molecule has 1 aliphatic heterocycles. The molecule has 3 rings (SSSR count). The van der Waals surface area contributed by atoms with Crippen molar-refractivity contribution in [1.29, 1.82) is 0 Å². The molecule has 1 saturated heterocycles. The van der Waals surface area contributed by atoms with Gasteiger partial charge >= 0.3 is 0 Å². The fourth-order valence-electron chi connectivity index (χ4n) is 3.11. The third-order valence-corrected chi connectivity index (χ3v) is 4.55. The predicted molar refractivity (Wildman–Crippen MR) is 116 cm³/mol. The van der Waals surface area contributed by atoms with Crippen LogP contribution in [0.2, 0.25) is 0 Å². The average molecular weight is 469 g/mol. The van der Waals surface area contributed by atoms with Gasteiger partial charge in [-0.25, -0.2) is 0 Å². The van der Waals surface area contributed by atoms with E-state index in [4.69, 9.17) is 4.52 Å². The van der Waals surface area contributed by atoms with Crippen molar-refractivity contribution in [3.05, 3.63) is 47.3 Å². The number of aliphatic imine (C=N–C) groups is 1.